The van der Waals surface area contributed by atoms with Gasteiger partial charge >= 0.3 is 0 Å². The number of hydrogen-bond donors (Lipinski definition) is 1. The smallest absolute Gasteiger partial charge is 0.241 e. The number of amides is 1. The lowest BCUT2D eigenvalue weighted by atomic mass is 9.95. The van der Waals surface area contributed by atoms with E-state index in [1.165, 1.54) is 0 Å². The van der Waals surface area contributed by atoms with Crippen molar-refractivity contribution in [3.8, 4) is 0 Å². The number of hydrogen-bond acceptors (Lipinski definition) is 3. The van der Waals surface area contributed by atoms with Gasteiger partial charge in [0.05, 0.1) is 18.0 Å². The molecule has 5 nitrogen and oxygen atoms in total. The lowest BCUT2D eigenvalue weighted by Crippen LogP contribution is -2.42. The topological polar surface area (TPSA) is 66.5 Å². The minimum Gasteiger partial charge on any atom is -0.344 e. The Morgan fingerprint density at radius 2 is 1.61 bits per heavy atom. The van der Waals surface area contributed by atoms with Crippen molar-refractivity contribution >= 4 is 33.2 Å². The Hall–Kier alpha value is -2.83. The fourth-order valence-electron chi connectivity index (χ4n) is 3.47. The maximum Gasteiger partial charge on any atom is 0.241 e. The molecule has 0 aliphatic heterocycles. The summed E-state index contributed by atoms with van der Waals surface area (Å²) in [5, 5.41) is 3.42. The van der Waals surface area contributed by atoms with Crippen LogP contribution in [0.25, 0.3) is 0 Å². The first-order chi connectivity index (χ1) is 14.7. The van der Waals surface area contributed by atoms with Gasteiger partial charge in [0.15, 0.2) is 0 Å². The van der Waals surface area contributed by atoms with Crippen LogP contribution in [0.15, 0.2) is 72.8 Å². The van der Waals surface area contributed by atoms with Gasteiger partial charge in [0.2, 0.25) is 15.9 Å². The van der Waals surface area contributed by atoms with Gasteiger partial charge in [-0.25, -0.2) is 8.42 Å². The molecule has 1 amide bonds. The van der Waals surface area contributed by atoms with E-state index >= 15 is 0 Å². The summed E-state index contributed by atoms with van der Waals surface area (Å²) in [5.41, 5.74) is 3.99. The van der Waals surface area contributed by atoms with E-state index in [0.29, 0.717) is 16.3 Å². The second-order valence-corrected chi connectivity index (χ2v) is 9.81. The van der Waals surface area contributed by atoms with Gasteiger partial charge in [-0.3, -0.25) is 9.10 Å². The lowest BCUT2D eigenvalue weighted by Gasteiger charge is -2.26. The molecule has 0 bridgehead atoms. The minimum absolute atomic E-state index is 0.352. The van der Waals surface area contributed by atoms with Crippen molar-refractivity contribution in [1.29, 1.82) is 0 Å². The zero-order valence-electron chi connectivity index (χ0n) is 17.7. The molecule has 3 aromatic rings. The molecular weight excluding hydrogens is 432 g/mol. The van der Waals surface area contributed by atoms with Gasteiger partial charge in [0.1, 0.15) is 6.54 Å². The summed E-state index contributed by atoms with van der Waals surface area (Å²) in [5.74, 6) is -0.415. The monoisotopic (exact) mass is 456 g/mol. The number of halogens is 1. The summed E-state index contributed by atoms with van der Waals surface area (Å²) in [6.07, 6.45) is 1.08. The molecule has 7 heteroatoms. The number of carbonyl (C=O) groups is 1. The van der Waals surface area contributed by atoms with Crippen molar-refractivity contribution in [2.24, 2.45) is 0 Å². The highest BCUT2D eigenvalue weighted by Gasteiger charge is 2.25. The van der Waals surface area contributed by atoms with Crippen LogP contribution in [0.4, 0.5) is 5.69 Å². The van der Waals surface area contributed by atoms with Crippen LogP contribution in [0.2, 0.25) is 5.02 Å². The molecule has 0 saturated heterocycles. The van der Waals surface area contributed by atoms with Gasteiger partial charge in [0.25, 0.3) is 0 Å². The first-order valence-corrected chi connectivity index (χ1v) is 12.0. The summed E-state index contributed by atoms with van der Waals surface area (Å²) >= 11 is 6.09. The third kappa shape index (κ3) is 5.66. The zero-order valence-corrected chi connectivity index (χ0v) is 19.2. The molecule has 1 atom stereocenters. The van der Waals surface area contributed by atoms with Crippen molar-refractivity contribution in [2.45, 2.75) is 19.9 Å². The maximum atomic E-state index is 13.1. The van der Waals surface area contributed by atoms with Gasteiger partial charge in [-0.2, -0.15) is 0 Å². The molecule has 3 rings (SSSR count). The van der Waals surface area contributed by atoms with E-state index in [2.05, 4.69) is 5.32 Å². The zero-order chi connectivity index (χ0) is 22.6. The Balaban J connectivity index is 1.94. The predicted octanol–water partition coefficient (Wildman–Crippen LogP) is 4.63. The predicted molar refractivity (Wildman–Crippen MR) is 126 cm³/mol. The number of anilines is 1. The Bertz CT molecular complexity index is 1180. The van der Waals surface area contributed by atoms with E-state index in [1.807, 2.05) is 61.5 Å². The summed E-state index contributed by atoms with van der Waals surface area (Å²) < 4.78 is 26.1. The number of rotatable bonds is 7. The fraction of sp³-hybridized carbons (Fsp3) is 0.208. The van der Waals surface area contributed by atoms with Crippen molar-refractivity contribution in [1.82, 2.24) is 5.32 Å². The van der Waals surface area contributed by atoms with Crippen LogP contribution in [0.3, 0.4) is 0 Å². The highest BCUT2D eigenvalue weighted by molar-refractivity contribution is 7.92. The fourth-order valence-corrected chi connectivity index (χ4v) is 4.54. The maximum absolute atomic E-state index is 13.1. The third-order valence-electron chi connectivity index (χ3n) is 5.07. The molecule has 0 aliphatic carbocycles. The largest absolute Gasteiger partial charge is 0.344 e. The number of aryl methyl sites for hydroxylation is 2. The van der Waals surface area contributed by atoms with E-state index in [9.17, 15) is 13.2 Å². The van der Waals surface area contributed by atoms with E-state index < -0.39 is 22.0 Å². The van der Waals surface area contributed by atoms with Crippen LogP contribution in [0.1, 0.15) is 28.3 Å². The molecule has 0 heterocycles. The highest BCUT2D eigenvalue weighted by Crippen LogP contribution is 2.27. The lowest BCUT2D eigenvalue weighted by molar-refractivity contribution is -0.120. The summed E-state index contributed by atoms with van der Waals surface area (Å²) in [6.45, 7) is 3.41. The number of carbonyl (C=O) groups excluding carboxylic acids is 1. The number of sulfonamides is 1. The van der Waals surface area contributed by atoms with Crippen LogP contribution < -0.4 is 9.62 Å². The number of benzene rings is 3. The Labute approximate surface area is 188 Å². The molecule has 0 aromatic heterocycles. The van der Waals surface area contributed by atoms with Gasteiger partial charge < -0.3 is 5.32 Å². The van der Waals surface area contributed by atoms with Crippen molar-refractivity contribution < 1.29 is 13.2 Å². The molecule has 0 spiro atoms. The summed E-state index contributed by atoms with van der Waals surface area (Å²) in [7, 11) is -3.71. The molecule has 0 unspecified atom stereocenters. The van der Waals surface area contributed by atoms with Crippen molar-refractivity contribution in [3.05, 3.63) is 100 Å². The highest BCUT2D eigenvalue weighted by atomic mass is 35.5. The molecule has 31 heavy (non-hydrogen) atoms. The molecule has 0 fully saturated rings. The van der Waals surface area contributed by atoms with Gasteiger partial charge in [0, 0.05) is 5.02 Å². The van der Waals surface area contributed by atoms with Gasteiger partial charge in [-0.05, 0) is 48.2 Å². The summed E-state index contributed by atoms with van der Waals surface area (Å²) in [4.78, 5) is 13.1. The molecular formula is C24H25ClN2O3S. The number of nitrogens with zero attached hydrogens (tertiary/aromatic N) is 1. The standard InChI is InChI=1S/C24H25ClN2O3S/c1-17-9-7-8-12-21(17)24(19-10-5-4-6-11-19)26-23(28)16-27(31(3,29)30)22-15-20(25)14-13-18(22)2/h4-15,24H,16H2,1-3H3,(H,26,28)/t24-/m1/s1. The Morgan fingerprint density at radius 3 is 2.26 bits per heavy atom. The average Bonchev–Trinajstić information content (AvgIpc) is 2.73. The van der Waals surface area contributed by atoms with Crippen molar-refractivity contribution in [2.75, 3.05) is 17.1 Å². The van der Waals surface area contributed by atoms with E-state index in [4.69, 9.17) is 11.6 Å². The van der Waals surface area contributed by atoms with Crippen LogP contribution in [0, 0.1) is 13.8 Å². The first-order valence-electron chi connectivity index (χ1n) is 9.80. The van der Waals surface area contributed by atoms with Crippen LogP contribution >= 0.6 is 11.6 Å². The Morgan fingerprint density at radius 1 is 0.968 bits per heavy atom. The SMILES string of the molecule is Cc1ccccc1[C@H](NC(=O)CN(c1cc(Cl)ccc1C)S(C)(=O)=O)c1ccccc1. The van der Waals surface area contributed by atoms with Gasteiger partial charge in [-0.15, -0.1) is 0 Å². The Kier molecular flexibility index (Phi) is 7.03. The molecule has 3 aromatic carbocycles. The second-order valence-electron chi connectivity index (χ2n) is 7.47. The van der Waals surface area contributed by atoms with Crippen LogP contribution in [0.5, 0.6) is 0 Å². The summed E-state index contributed by atoms with van der Waals surface area (Å²) in [6, 6.07) is 22.0. The van der Waals surface area contributed by atoms with Crippen LogP contribution in [-0.2, 0) is 14.8 Å². The number of nitrogens with one attached hydrogen (secondary N) is 1. The molecule has 0 radical (unpaired) electrons. The molecule has 0 aliphatic rings. The quantitative estimate of drug-likeness (QED) is 0.563. The minimum atomic E-state index is -3.71. The third-order valence-corrected chi connectivity index (χ3v) is 6.43. The van der Waals surface area contributed by atoms with E-state index in [1.54, 1.807) is 25.1 Å². The average molecular weight is 457 g/mol. The first kappa shape index (κ1) is 22.8. The van der Waals surface area contributed by atoms with Gasteiger partial charge in [-0.1, -0.05) is 72.3 Å². The normalized spacial score (nSPS) is 12.3. The van der Waals surface area contributed by atoms with E-state index in [0.717, 1.165) is 27.3 Å². The molecule has 0 saturated carbocycles. The van der Waals surface area contributed by atoms with Crippen LogP contribution in [-0.4, -0.2) is 27.1 Å². The van der Waals surface area contributed by atoms with Crippen molar-refractivity contribution in [3.63, 3.8) is 0 Å². The molecule has 1 N–H and O–H groups in total. The second kappa shape index (κ2) is 9.54. The molecule has 162 valence electrons. The van der Waals surface area contributed by atoms with E-state index in [-0.39, 0.29) is 6.54 Å².